The van der Waals surface area contributed by atoms with Crippen molar-refractivity contribution in [3.8, 4) is 0 Å². The van der Waals surface area contributed by atoms with Gasteiger partial charge in [-0.25, -0.2) is 13.6 Å². The Labute approximate surface area is 146 Å². The zero-order chi connectivity index (χ0) is 18.4. The molecule has 3 amide bonds. The second-order valence-electron chi connectivity index (χ2n) is 6.58. The van der Waals surface area contributed by atoms with Crippen LogP contribution in [0.4, 0.5) is 13.6 Å². The van der Waals surface area contributed by atoms with E-state index in [9.17, 15) is 18.4 Å². The van der Waals surface area contributed by atoms with Gasteiger partial charge >= 0.3 is 6.03 Å². The summed E-state index contributed by atoms with van der Waals surface area (Å²) in [4.78, 5) is 24.0. The molecule has 0 unspecified atom stereocenters. The van der Waals surface area contributed by atoms with E-state index in [1.807, 2.05) is 0 Å². The van der Waals surface area contributed by atoms with E-state index in [4.69, 9.17) is 0 Å². The van der Waals surface area contributed by atoms with Gasteiger partial charge in [-0.05, 0) is 44.4 Å². The summed E-state index contributed by atoms with van der Waals surface area (Å²) in [6.07, 6.45) is 5.22. The fourth-order valence-electron chi connectivity index (χ4n) is 3.02. The highest BCUT2D eigenvalue weighted by atomic mass is 19.2. The van der Waals surface area contributed by atoms with Crippen molar-refractivity contribution in [3.63, 3.8) is 0 Å². The zero-order valence-corrected chi connectivity index (χ0v) is 14.6. The summed E-state index contributed by atoms with van der Waals surface area (Å²) in [6, 6.07) is 2.17. The van der Waals surface area contributed by atoms with E-state index < -0.39 is 29.6 Å². The normalized spacial score (nSPS) is 17.6. The van der Waals surface area contributed by atoms with E-state index in [1.165, 1.54) is 12.5 Å². The van der Waals surface area contributed by atoms with Crippen molar-refractivity contribution in [2.45, 2.75) is 64.1 Å². The van der Waals surface area contributed by atoms with Crippen molar-refractivity contribution >= 4 is 11.9 Å². The molecule has 2 rings (SSSR count). The van der Waals surface area contributed by atoms with Gasteiger partial charge in [0.2, 0.25) is 5.91 Å². The predicted octanol–water partition coefficient (Wildman–Crippen LogP) is 3.16. The molecule has 3 N–H and O–H groups in total. The zero-order valence-electron chi connectivity index (χ0n) is 14.6. The summed E-state index contributed by atoms with van der Waals surface area (Å²) < 4.78 is 26.3. The quantitative estimate of drug-likeness (QED) is 0.761. The van der Waals surface area contributed by atoms with Gasteiger partial charge in [0.1, 0.15) is 0 Å². The lowest BCUT2D eigenvalue weighted by atomic mass is 9.96. The third kappa shape index (κ3) is 5.77. The molecule has 1 saturated carbocycles. The number of imide groups is 1. The maximum Gasteiger partial charge on any atom is 0.321 e. The van der Waals surface area contributed by atoms with Gasteiger partial charge in [0.05, 0.1) is 6.04 Å². The largest absolute Gasteiger partial charge is 0.335 e. The fraction of sp³-hybridized carbons (Fsp3) is 0.556. The summed E-state index contributed by atoms with van der Waals surface area (Å²) in [6.45, 7) is 3.35. The molecular formula is C18H25F2N3O2. The van der Waals surface area contributed by atoms with Gasteiger partial charge in [-0.2, -0.15) is 0 Å². The van der Waals surface area contributed by atoms with Gasteiger partial charge in [-0.15, -0.1) is 0 Å². The smallest absolute Gasteiger partial charge is 0.321 e. The lowest BCUT2D eigenvalue weighted by Gasteiger charge is -2.24. The van der Waals surface area contributed by atoms with E-state index in [-0.39, 0.29) is 12.1 Å². The maximum absolute atomic E-state index is 13.3. The molecule has 0 aromatic heterocycles. The molecule has 25 heavy (non-hydrogen) atoms. The van der Waals surface area contributed by atoms with E-state index >= 15 is 0 Å². The van der Waals surface area contributed by atoms with Crippen LogP contribution in [0.1, 0.15) is 57.6 Å². The van der Waals surface area contributed by atoms with Crippen molar-refractivity contribution < 1.29 is 18.4 Å². The van der Waals surface area contributed by atoms with E-state index in [2.05, 4.69) is 16.0 Å². The summed E-state index contributed by atoms with van der Waals surface area (Å²) in [5.41, 5.74) is 0.519. The van der Waals surface area contributed by atoms with Crippen LogP contribution in [0.25, 0.3) is 0 Å². The first-order valence-electron chi connectivity index (χ1n) is 8.69. The molecule has 0 saturated heterocycles. The first-order chi connectivity index (χ1) is 11.9. The molecule has 0 spiro atoms. The second-order valence-corrected chi connectivity index (χ2v) is 6.58. The van der Waals surface area contributed by atoms with Crippen LogP contribution in [0.5, 0.6) is 0 Å². The summed E-state index contributed by atoms with van der Waals surface area (Å²) in [5, 5.41) is 8.10. The summed E-state index contributed by atoms with van der Waals surface area (Å²) in [5.74, 6) is -2.32. The fourth-order valence-corrected chi connectivity index (χ4v) is 3.02. The number of hydrogen-bond donors (Lipinski definition) is 3. The Balaban J connectivity index is 1.82. The number of rotatable bonds is 5. The number of hydrogen-bond acceptors (Lipinski definition) is 3. The van der Waals surface area contributed by atoms with Crippen LogP contribution in [0.15, 0.2) is 18.2 Å². The standard InChI is InChI=1S/C18H25F2N3O2/c1-11(13-8-9-15(19)16(20)10-13)21-12(2)17(24)23-18(25)22-14-6-4-3-5-7-14/h8-12,14,21H,3-7H2,1-2H3,(H2,22,23,24,25)/t11-,12+/m0/s1. The van der Waals surface area contributed by atoms with Gasteiger partial charge < -0.3 is 5.32 Å². The molecular weight excluding hydrogens is 328 g/mol. The van der Waals surface area contributed by atoms with Gasteiger partial charge in [-0.3, -0.25) is 15.4 Å². The maximum atomic E-state index is 13.3. The molecule has 1 aromatic rings. The van der Waals surface area contributed by atoms with Gasteiger partial charge in [0, 0.05) is 12.1 Å². The first-order valence-corrected chi connectivity index (χ1v) is 8.69. The van der Waals surface area contributed by atoms with Crippen molar-refractivity contribution in [2.24, 2.45) is 0 Å². The van der Waals surface area contributed by atoms with Crippen LogP contribution >= 0.6 is 0 Å². The van der Waals surface area contributed by atoms with Gasteiger partial charge in [-0.1, -0.05) is 25.3 Å². The number of halogens is 2. The van der Waals surface area contributed by atoms with Gasteiger partial charge in [0.25, 0.3) is 0 Å². The number of nitrogens with one attached hydrogen (secondary N) is 3. The Morgan fingerprint density at radius 3 is 2.40 bits per heavy atom. The van der Waals surface area contributed by atoms with E-state index in [0.717, 1.165) is 37.8 Å². The van der Waals surface area contributed by atoms with Crippen molar-refractivity contribution in [1.82, 2.24) is 16.0 Å². The first kappa shape index (κ1) is 19.3. The number of benzene rings is 1. The minimum Gasteiger partial charge on any atom is -0.335 e. The average molecular weight is 353 g/mol. The molecule has 1 aromatic carbocycles. The van der Waals surface area contributed by atoms with Crippen molar-refractivity contribution in [2.75, 3.05) is 0 Å². The third-order valence-corrected chi connectivity index (χ3v) is 4.51. The second kappa shape index (κ2) is 8.89. The predicted molar refractivity (Wildman–Crippen MR) is 90.9 cm³/mol. The molecule has 2 atom stereocenters. The van der Waals surface area contributed by atoms with Crippen LogP contribution in [0, 0.1) is 11.6 Å². The van der Waals surface area contributed by atoms with Gasteiger partial charge in [0.15, 0.2) is 11.6 Å². The number of amides is 3. The number of urea groups is 1. The van der Waals surface area contributed by atoms with Crippen LogP contribution in [0.3, 0.4) is 0 Å². The lowest BCUT2D eigenvalue weighted by molar-refractivity contribution is -0.121. The van der Waals surface area contributed by atoms with E-state index in [0.29, 0.717) is 5.56 Å². The Bertz CT molecular complexity index is 618. The van der Waals surface area contributed by atoms with Crippen molar-refractivity contribution in [3.05, 3.63) is 35.4 Å². The lowest BCUT2D eigenvalue weighted by Crippen LogP contribution is -2.50. The Morgan fingerprint density at radius 1 is 1.08 bits per heavy atom. The molecule has 5 nitrogen and oxygen atoms in total. The molecule has 0 radical (unpaired) electrons. The molecule has 0 aliphatic heterocycles. The van der Waals surface area contributed by atoms with Crippen LogP contribution in [-0.4, -0.2) is 24.0 Å². The molecule has 138 valence electrons. The monoisotopic (exact) mass is 353 g/mol. The molecule has 1 aliphatic rings. The van der Waals surface area contributed by atoms with Crippen LogP contribution in [-0.2, 0) is 4.79 Å². The van der Waals surface area contributed by atoms with Crippen molar-refractivity contribution in [1.29, 1.82) is 0 Å². The van der Waals surface area contributed by atoms with E-state index in [1.54, 1.807) is 13.8 Å². The van der Waals surface area contributed by atoms with Crippen LogP contribution < -0.4 is 16.0 Å². The molecule has 7 heteroatoms. The highest BCUT2D eigenvalue weighted by Gasteiger charge is 2.21. The highest BCUT2D eigenvalue weighted by molar-refractivity contribution is 5.96. The topological polar surface area (TPSA) is 70.2 Å². The molecule has 0 heterocycles. The number of carbonyl (C=O) groups is 2. The molecule has 0 bridgehead atoms. The van der Waals surface area contributed by atoms with Crippen LogP contribution in [0.2, 0.25) is 0 Å². The highest BCUT2D eigenvalue weighted by Crippen LogP contribution is 2.18. The number of carbonyl (C=O) groups excluding carboxylic acids is 2. The Kier molecular flexibility index (Phi) is 6.87. The summed E-state index contributed by atoms with van der Waals surface area (Å²) >= 11 is 0. The average Bonchev–Trinajstić information content (AvgIpc) is 2.57. The molecule has 1 aliphatic carbocycles. The Morgan fingerprint density at radius 2 is 1.76 bits per heavy atom. The Hall–Kier alpha value is -2.02. The summed E-state index contributed by atoms with van der Waals surface area (Å²) in [7, 11) is 0. The SMILES string of the molecule is C[C@H](N[C@H](C)C(=O)NC(=O)NC1CCCCC1)c1ccc(F)c(F)c1. The molecule has 1 fully saturated rings. The minimum atomic E-state index is -0.935. The minimum absolute atomic E-state index is 0.117. The third-order valence-electron chi connectivity index (χ3n) is 4.51.